The van der Waals surface area contributed by atoms with Crippen LogP contribution in [0.5, 0.6) is 0 Å². The fraction of sp³-hybridized carbons (Fsp3) is 0.333. The summed E-state index contributed by atoms with van der Waals surface area (Å²) in [7, 11) is 0. The Morgan fingerprint density at radius 3 is 2.55 bits per heavy atom. The molecular formula is C15H18BrN3S. The highest BCUT2D eigenvalue weighted by Crippen LogP contribution is 2.27. The van der Waals surface area contributed by atoms with Gasteiger partial charge in [-0.15, -0.1) is 11.8 Å². The summed E-state index contributed by atoms with van der Waals surface area (Å²) in [5, 5.41) is 3.28. The van der Waals surface area contributed by atoms with Crippen molar-refractivity contribution < 1.29 is 0 Å². The Hall–Kier alpha value is -1.07. The molecule has 5 heteroatoms. The highest BCUT2D eigenvalue weighted by Gasteiger charge is 2.10. The number of anilines is 1. The van der Waals surface area contributed by atoms with Gasteiger partial charge in [-0.25, -0.2) is 9.97 Å². The Balaban J connectivity index is 2.16. The van der Waals surface area contributed by atoms with Gasteiger partial charge in [0.1, 0.15) is 11.6 Å². The van der Waals surface area contributed by atoms with E-state index in [-0.39, 0.29) is 0 Å². The van der Waals surface area contributed by atoms with E-state index in [2.05, 4.69) is 57.2 Å². The number of halogens is 1. The number of aryl methyl sites for hydroxylation is 1. The summed E-state index contributed by atoms with van der Waals surface area (Å²) in [6.07, 6.45) is 0.893. The minimum atomic E-state index is 0.780. The zero-order valence-electron chi connectivity index (χ0n) is 11.7. The molecule has 0 aliphatic heterocycles. The van der Waals surface area contributed by atoms with Gasteiger partial charge in [-0.1, -0.05) is 25.1 Å². The van der Waals surface area contributed by atoms with Crippen LogP contribution in [-0.4, -0.2) is 16.5 Å². The molecule has 106 valence electrons. The number of aromatic nitrogens is 2. The van der Waals surface area contributed by atoms with E-state index in [1.807, 2.05) is 18.2 Å². The maximum absolute atomic E-state index is 4.63. The van der Waals surface area contributed by atoms with Crippen LogP contribution in [0.1, 0.15) is 25.4 Å². The molecule has 0 atom stereocenters. The van der Waals surface area contributed by atoms with E-state index in [4.69, 9.17) is 0 Å². The van der Waals surface area contributed by atoms with Gasteiger partial charge in [-0.2, -0.15) is 0 Å². The van der Waals surface area contributed by atoms with Gasteiger partial charge in [-0.05, 0) is 41.4 Å². The highest BCUT2D eigenvalue weighted by molar-refractivity contribution is 9.10. The SMILES string of the molecule is CCNc1nc(CSc2ccccc2)nc(CC)c1Br. The largest absolute Gasteiger partial charge is 0.369 e. The second-order valence-corrected chi connectivity index (χ2v) is 6.08. The molecule has 3 nitrogen and oxygen atoms in total. The third-order valence-electron chi connectivity index (χ3n) is 2.76. The zero-order chi connectivity index (χ0) is 14.4. The molecule has 0 fully saturated rings. The number of thioether (sulfide) groups is 1. The van der Waals surface area contributed by atoms with Gasteiger partial charge < -0.3 is 5.32 Å². The minimum Gasteiger partial charge on any atom is -0.369 e. The van der Waals surface area contributed by atoms with Gasteiger partial charge in [0.2, 0.25) is 0 Å². The van der Waals surface area contributed by atoms with E-state index in [1.54, 1.807) is 11.8 Å². The predicted octanol–water partition coefficient (Wildman–Crippen LogP) is 4.53. The molecule has 1 aromatic carbocycles. The molecule has 2 aromatic rings. The quantitative estimate of drug-likeness (QED) is 0.776. The van der Waals surface area contributed by atoms with E-state index >= 15 is 0 Å². The lowest BCUT2D eigenvalue weighted by molar-refractivity contribution is 0.924. The standard InChI is InChI=1S/C15H18BrN3S/c1-3-12-14(16)15(17-4-2)19-13(18-12)10-20-11-8-6-5-7-9-11/h5-9H,3-4,10H2,1-2H3,(H,17,18,19). The molecule has 0 unspecified atom stereocenters. The maximum atomic E-state index is 4.63. The lowest BCUT2D eigenvalue weighted by Crippen LogP contribution is -2.07. The molecule has 0 aliphatic rings. The molecule has 0 aliphatic carbocycles. The zero-order valence-corrected chi connectivity index (χ0v) is 14.1. The molecule has 1 heterocycles. The summed E-state index contributed by atoms with van der Waals surface area (Å²) in [6.45, 7) is 5.03. The van der Waals surface area contributed by atoms with Gasteiger partial charge in [0.05, 0.1) is 15.9 Å². The van der Waals surface area contributed by atoms with Crippen LogP contribution in [0.2, 0.25) is 0 Å². The molecule has 0 saturated carbocycles. The first kappa shape index (κ1) is 15.3. The second kappa shape index (κ2) is 7.64. The summed E-state index contributed by atoms with van der Waals surface area (Å²) in [5.41, 5.74) is 1.06. The molecule has 20 heavy (non-hydrogen) atoms. The fourth-order valence-electron chi connectivity index (χ4n) is 1.79. The van der Waals surface area contributed by atoms with Crippen LogP contribution in [0, 0.1) is 0 Å². The maximum Gasteiger partial charge on any atom is 0.144 e. The van der Waals surface area contributed by atoms with E-state index in [1.165, 1.54) is 4.90 Å². The molecular weight excluding hydrogens is 334 g/mol. The summed E-state index contributed by atoms with van der Waals surface area (Å²) < 4.78 is 0.982. The Morgan fingerprint density at radius 1 is 1.15 bits per heavy atom. The molecule has 0 amide bonds. The Morgan fingerprint density at radius 2 is 1.90 bits per heavy atom. The van der Waals surface area contributed by atoms with Crippen molar-refractivity contribution >= 4 is 33.5 Å². The van der Waals surface area contributed by atoms with Crippen LogP contribution in [0.15, 0.2) is 39.7 Å². The van der Waals surface area contributed by atoms with Crippen LogP contribution in [0.3, 0.4) is 0 Å². The lowest BCUT2D eigenvalue weighted by atomic mass is 10.3. The predicted molar refractivity (Wildman–Crippen MR) is 89.3 cm³/mol. The van der Waals surface area contributed by atoms with Gasteiger partial charge >= 0.3 is 0 Å². The van der Waals surface area contributed by atoms with Crippen molar-refractivity contribution in [2.75, 3.05) is 11.9 Å². The Labute approximate surface area is 132 Å². The van der Waals surface area contributed by atoms with Crippen molar-refractivity contribution in [3.8, 4) is 0 Å². The third-order valence-corrected chi connectivity index (χ3v) is 4.60. The molecule has 1 aromatic heterocycles. The first-order valence-corrected chi connectivity index (χ1v) is 8.49. The molecule has 0 saturated heterocycles. The summed E-state index contributed by atoms with van der Waals surface area (Å²) >= 11 is 5.34. The van der Waals surface area contributed by atoms with Crippen LogP contribution >= 0.6 is 27.7 Å². The molecule has 0 spiro atoms. The van der Waals surface area contributed by atoms with E-state index in [9.17, 15) is 0 Å². The van der Waals surface area contributed by atoms with E-state index in [0.717, 1.165) is 40.5 Å². The van der Waals surface area contributed by atoms with Crippen LogP contribution in [0.4, 0.5) is 5.82 Å². The molecule has 0 bridgehead atoms. The van der Waals surface area contributed by atoms with Gasteiger partial charge in [0, 0.05) is 11.4 Å². The number of hydrogen-bond acceptors (Lipinski definition) is 4. The normalized spacial score (nSPS) is 10.6. The van der Waals surface area contributed by atoms with Crippen molar-refractivity contribution in [1.29, 1.82) is 0 Å². The van der Waals surface area contributed by atoms with Crippen molar-refractivity contribution in [2.45, 2.75) is 30.9 Å². The lowest BCUT2D eigenvalue weighted by Gasteiger charge is -2.11. The topological polar surface area (TPSA) is 37.8 Å². The summed E-state index contributed by atoms with van der Waals surface area (Å²) in [5.74, 6) is 2.54. The minimum absolute atomic E-state index is 0.780. The molecule has 0 radical (unpaired) electrons. The van der Waals surface area contributed by atoms with Gasteiger partial charge in [0.25, 0.3) is 0 Å². The number of hydrogen-bond donors (Lipinski definition) is 1. The summed E-state index contributed by atoms with van der Waals surface area (Å²) in [6, 6.07) is 10.3. The Bertz CT molecular complexity index is 561. The van der Waals surface area contributed by atoms with E-state index < -0.39 is 0 Å². The fourth-order valence-corrected chi connectivity index (χ4v) is 3.16. The van der Waals surface area contributed by atoms with Crippen molar-refractivity contribution in [3.05, 3.63) is 46.3 Å². The highest BCUT2D eigenvalue weighted by atomic mass is 79.9. The van der Waals surface area contributed by atoms with Crippen LogP contribution in [0.25, 0.3) is 0 Å². The first-order valence-electron chi connectivity index (χ1n) is 6.71. The average Bonchev–Trinajstić information content (AvgIpc) is 2.49. The first-order chi connectivity index (χ1) is 9.74. The number of nitrogens with one attached hydrogen (secondary N) is 1. The van der Waals surface area contributed by atoms with Gasteiger partial charge in [0.15, 0.2) is 0 Å². The van der Waals surface area contributed by atoms with Crippen molar-refractivity contribution in [1.82, 2.24) is 9.97 Å². The van der Waals surface area contributed by atoms with E-state index in [0.29, 0.717) is 0 Å². The second-order valence-electron chi connectivity index (χ2n) is 4.23. The number of nitrogens with zero attached hydrogens (tertiary/aromatic N) is 2. The van der Waals surface area contributed by atoms with Crippen LogP contribution < -0.4 is 5.32 Å². The monoisotopic (exact) mass is 351 g/mol. The third kappa shape index (κ3) is 3.96. The van der Waals surface area contributed by atoms with Gasteiger partial charge in [-0.3, -0.25) is 0 Å². The van der Waals surface area contributed by atoms with Crippen molar-refractivity contribution in [2.24, 2.45) is 0 Å². The molecule has 2 rings (SSSR count). The number of benzene rings is 1. The summed E-state index contributed by atoms with van der Waals surface area (Å²) in [4.78, 5) is 10.5. The van der Waals surface area contributed by atoms with Crippen molar-refractivity contribution in [3.63, 3.8) is 0 Å². The number of rotatable bonds is 6. The molecule has 1 N–H and O–H groups in total. The smallest absolute Gasteiger partial charge is 0.144 e. The Kier molecular flexibility index (Phi) is 5.86. The average molecular weight is 352 g/mol. The van der Waals surface area contributed by atoms with Crippen LogP contribution in [-0.2, 0) is 12.2 Å².